The van der Waals surface area contributed by atoms with E-state index in [4.69, 9.17) is 18.9 Å². The molecule has 0 spiro atoms. The standard InChI is InChI=1S/C27H32N2O6S/c1-7-20(28-21-16-25(33-4)27(35-6)26(17-21)34-5)18-29(22-10-12-23(32-3)13-11-22)36(30,31)24-14-8-19(2)9-15-24/h7-17,20,28H,1,18H2,2-6H3/t20-/m0/s1. The highest BCUT2D eigenvalue weighted by molar-refractivity contribution is 7.92. The zero-order valence-corrected chi connectivity index (χ0v) is 22.0. The Labute approximate surface area is 213 Å². The number of nitrogens with one attached hydrogen (secondary N) is 1. The van der Waals surface area contributed by atoms with Crippen molar-refractivity contribution in [3.8, 4) is 23.0 Å². The van der Waals surface area contributed by atoms with Gasteiger partial charge in [0.25, 0.3) is 10.0 Å². The van der Waals surface area contributed by atoms with Crippen LogP contribution in [0.15, 0.2) is 78.2 Å². The van der Waals surface area contributed by atoms with E-state index in [9.17, 15) is 8.42 Å². The Kier molecular flexibility index (Phi) is 8.71. The first-order valence-corrected chi connectivity index (χ1v) is 12.6. The second-order valence-corrected chi connectivity index (χ2v) is 9.81. The van der Waals surface area contributed by atoms with E-state index in [0.717, 1.165) is 5.56 Å². The molecule has 0 bridgehead atoms. The summed E-state index contributed by atoms with van der Waals surface area (Å²) in [4.78, 5) is 0.194. The number of aryl methyl sites for hydroxylation is 1. The van der Waals surface area contributed by atoms with Crippen LogP contribution in [0.2, 0.25) is 0 Å². The van der Waals surface area contributed by atoms with Crippen molar-refractivity contribution >= 4 is 21.4 Å². The lowest BCUT2D eigenvalue weighted by Gasteiger charge is -2.29. The van der Waals surface area contributed by atoms with Crippen LogP contribution in [0.4, 0.5) is 11.4 Å². The Morgan fingerprint density at radius 2 is 1.47 bits per heavy atom. The molecule has 1 atom stereocenters. The van der Waals surface area contributed by atoms with E-state index < -0.39 is 16.1 Å². The van der Waals surface area contributed by atoms with Crippen molar-refractivity contribution in [1.29, 1.82) is 0 Å². The third-order valence-corrected chi connectivity index (χ3v) is 7.44. The molecule has 36 heavy (non-hydrogen) atoms. The maximum Gasteiger partial charge on any atom is 0.264 e. The van der Waals surface area contributed by atoms with Gasteiger partial charge >= 0.3 is 0 Å². The highest BCUT2D eigenvalue weighted by atomic mass is 32.2. The molecule has 192 valence electrons. The Bertz CT molecular complexity index is 1250. The lowest BCUT2D eigenvalue weighted by atomic mass is 10.2. The molecule has 3 rings (SSSR count). The highest BCUT2D eigenvalue weighted by Crippen LogP contribution is 2.40. The Balaban J connectivity index is 2.00. The molecular formula is C27H32N2O6S. The van der Waals surface area contributed by atoms with Gasteiger partial charge in [0.1, 0.15) is 5.75 Å². The van der Waals surface area contributed by atoms with E-state index in [0.29, 0.717) is 34.4 Å². The quantitative estimate of drug-likeness (QED) is 0.346. The number of anilines is 2. The first-order valence-electron chi connectivity index (χ1n) is 11.2. The predicted octanol–water partition coefficient (Wildman–Crippen LogP) is 4.89. The van der Waals surface area contributed by atoms with Crippen molar-refractivity contribution in [3.05, 3.63) is 78.9 Å². The molecule has 8 nitrogen and oxygen atoms in total. The number of rotatable bonds is 12. The fourth-order valence-corrected chi connectivity index (χ4v) is 5.16. The van der Waals surface area contributed by atoms with Crippen LogP contribution < -0.4 is 28.6 Å². The third kappa shape index (κ3) is 5.85. The summed E-state index contributed by atoms with van der Waals surface area (Å²) >= 11 is 0. The first kappa shape index (κ1) is 26.7. The minimum atomic E-state index is -3.89. The molecule has 1 N–H and O–H groups in total. The Morgan fingerprint density at radius 3 is 1.94 bits per heavy atom. The van der Waals surface area contributed by atoms with Crippen molar-refractivity contribution < 1.29 is 27.4 Å². The zero-order chi connectivity index (χ0) is 26.3. The van der Waals surface area contributed by atoms with Crippen LogP contribution in [0, 0.1) is 6.92 Å². The van der Waals surface area contributed by atoms with Crippen LogP contribution in [-0.2, 0) is 10.0 Å². The summed E-state index contributed by atoms with van der Waals surface area (Å²) < 4.78 is 50.4. The largest absolute Gasteiger partial charge is 0.497 e. The molecule has 0 saturated heterocycles. The molecule has 9 heteroatoms. The number of methoxy groups -OCH3 is 4. The van der Waals surface area contributed by atoms with E-state index >= 15 is 0 Å². The number of ether oxygens (including phenoxy) is 4. The summed E-state index contributed by atoms with van der Waals surface area (Å²) in [6.07, 6.45) is 1.66. The number of hydrogen-bond acceptors (Lipinski definition) is 7. The van der Waals surface area contributed by atoms with E-state index in [1.807, 2.05) is 6.92 Å². The van der Waals surface area contributed by atoms with Crippen molar-refractivity contribution in [2.75, 3.05) is 44.6 Å². The molecule has 0 radical (unpaired) electrons. The van der Waals surface area contributed by atoms with E-state index in [1.54, 1.807) is 73.8 Å². The molecule has 0 aliphatic carbocycles. The molecule has 0 saturated carbocycles. The number of hydrogen-bond donors (Lipinski definition) is 1. The number of sulfonamides is 1. The van der Waals surface area contributed by atoms with Crippen molar-refractivity contribution in [3.63, 3.8) is 0 Å². The van der Waals surface area contributed by atoms with Crippen LogP contribution in [0.3, 0.4) is 0 Å². The van der Waals surface area contributed by atoms with Gasteiger partial charge in [-0.3, -0.25) is 4.31 Å². The average Bonchev–Trinajstić information content (AvgIpc) is 2.90. The molecule has 0 unspecified atom stereocenters. The topological polar surface area (TPSA) is 86.3 Å². The van der Waals surface area contributed by atoms with E-state index in [2.05, 4.69) is 11.9 Å². The molecular weight excluding hydrogens is 480 g/mol. The maximum absolute atomic E-state index is 13.8. The van der Waals surface area contributed by atoms with Crippen molar-refractivity contribution in [1.82, 2.24) is 0 Å². The monoisotopic (exact) mass is 512 g/mol. The van der Waals surface area contributed by atoms with Crippen LogP contribution >= 0.6 is 0 Å². The van der Waals surface area contributed by atoms with Gasteiger partial charge in [-0.1, -0.05) is 23.8 Å². The van der Waals surface area contributed by atoms with Gasteiger partial charge in [0.2, 0.25) is 5.75 Å². The van der Waals surface area contributed by atoms with Gasteiger partial charge in [-0.25, -0.2) is 8.42 Å². The molecule has 3 aromatic rings. The van der Waals surface area contributed by atoms with Gasteiger partial charge in [-0.05, 0) is 43.3 Å². The van der Waals surface area contributed by atoms with Gasteiger partial charge in [0.15, 0.2) is 11.5 Å². The Morgan fingerprint density at radius 1 is 0.889 bits per heavy atom. The summed E-state index contributed by atoms with van der Waals surface area (Å²) in [5, 5.41) is 3.32. The van der Waals surface area contributed by atoms with Gasteiger partial charge in [0.05, 0.1) is 51.6 Å². The van der Waals surface area contributed by atoms with Crippen LogP contribution in [0.5, 0.6) is 23.0 Å². The highest BCUT2D eigenvalue weighted by Gasteiger charge is 2.27. The average molecular weight is 513 g/mol. The smallest absolute Gasteiger partial charge is 0.264 e. The van der Waals surface area contributed by atoms with Gasteiger partial charge < -0.3 is 24.3 Å². The predicted molar refractivity (Wildman–Crippen MR) is 142 cm³/mol. The Hall–Kier alpha value is -3.85. The summed E-state index contributed by atoms with van der Waals surface area (Å²) in [6, 6.07) is 16.7. The lowest BCUT2D eigenvalue weighted by molar-refractivity contribution is 0.324. The summed E-state index contributed by atoms with van der Waals surface area (Å²) in [7, 11) is 2.27. The summed E-state index contributed by atoms with van der Waals surface area (Å²) in [6.45, 7) is 5.91. The van der Waals surface area contributed by atoms with Gasteiger partial charge in [-0.2, -0.15) is 0 Å². The molecule has 0 fully saturated rings. The first-order chi connectivity index (χ1) is 17.3. The molecule has 0 heterocycles. The molecule has 3 aromatic carbocycles. The zero-order valence-electron chi connectivity index (χ0n) is 21.1. The fourth-order valence-electron chi connectivity index (χ4n) is 3.66. The molecule has 0 amide bonds. The van der Waals surface area contributed by atoms with Gasteiger partial charge in [0, 0.05) is 17.8 Å². The number of benzene rings is 3. The van der Waals surface area contributed by atoms with Crippen molar-refractivity contribution in [2.45, 2.75) is 17.9 Å². The minimum absolute atomic E-state index is 0.0721. The lowest BCUT2D eigenvalue weighted by Crippen LogP contribution is -2.40. The van der Waals surface area contributed by atoms with E-state index in [-0.39, 0.29) is 11.4 Å². The molecule has 0 aliphatic heterocycles. The number of nitrogens with zero attached hydrogens (tertiary/aromatic N) is 1. The summed E-state index contributed by atoms with van der Waals surface area (Å²) in [5.74, 6) is 2.03. The van der Waals surface area contributed by atoms with Crippen LogP contribution in [-0.4, -0.2) is 49.4 Å². The van der Waals surface area contributed by atoms with Crippen LogP contribution in [0.25, 0.3) is 0 Å². The minimum Gasteiger partial charge on any atom is -0.497 e. The molecule has 0 aliphatic rings. The SMILES string of the molecule is C=C[C@@H](CN(c1ccc(OC)cc1)S(=O)(=O)c1ccc(C)cc1)Nc1cc(OC)c(OC)c(OC)c1. The molecule has 0 aromatic heterocycles. The van der Waals surface area contributed by atoms with Crippen LogP contribution in [0.1, 0.15) is 5.56 Å². The van der Waals surface area contributed by atoms with Gasteiger partial charge in [-0.15, -0.1) is 6.58 Å². The second-order valence-electron chi connectivity index (χ2n) is 7.95. The normalized spacial score (nSPS) is 11.8. The fraction of sp³-hybridized carbons (Fsp3) is 0.259. The van der Waals surface area contributed by atoms with E-state index in [1.165, 1.54) is 25.6 Å². The second kappa shape index (κ2) is 11.7. The van der Waals surface area contributed by atoms with Crippen molar-refractivity contribution in [2.24, 2.45) is 0 Å². The maximum atomic E-state index is 13.8. The summed E-state index contributed by atoms with van der Waals surface area (Å²) in [5.41, 5.74) is 2.12. The third-order valence-electron chi connectivity index (χ3n) is 5.63.